The molecule has 1 saturated carbocycles. The van der Waals surface area contributed by atoms with Crippen molar-refractivity contribution in [2.45, 2.75) is 58.4 Å². The predicted molar refractivity (Wildman–Crippen MR) is 106 cm³/mol. The Morgan fingerprint density at radius 1 is 0.840 bits per heavy atom. The van der Waals surface area contributed by atoms with Gasteiger partial charge in [0.1, 0.15) is 0 Å². The Kier molecular flexibility index (Phi) is 5.47. The van der Waals surface area contributed by atoms with E-state index in [9.17, 15) is 0 Å². The van der Waals surface area contributed by atoms with Crippen molar-refractivity contribution in [1.29, 1.82) is 0 Å². The van der Waals surface area contributed by atoms with E-state index in [1.54, 1.807) is 5.56 Å². The monoisotopic (exact) mass is 340 g/mol. The Morgan fingerprint density at radius 3 is 2.12 bits per heavy atom. The third kappa shape index (κ3) is 4.46. The highest BCUT2D eigenvalue weighted by Gasteiger charge is 2.33. The lowest BCUT2D eigenvalue weighted by atomic mass is 9.71. The quantitative estimate of drug-likeness (QED) is 0.763. The van der Waals surface area contributed by atoms with Gasteiger partial charge in [-0.25, -0.2) is 0 Å². The molecule has 4 rings (SSSR count). The first kappa shape index (κ1) is 17.5. The van der Waals surface area contributed by atoms with Gasteiger partial charge >= 0.3 is 0 Å². The van der Waals surface area contributed by atoms with Gasteiger partial charge in [0.2, 0.25) is 0 Å². The number of piperidine rings is 1. The topological polar surface area (TPSA) is 6.48 Å². The molecule has 3 fully saturated rings. The van der Waals surface area contributed by atoms with Gasteiger partial charge in [0.15, 0.2) is 0 Å². The maximum absolute atomic E-state index is 2.75. The first-order valence-electron chi connectivity index (χ1n) is 10.7. The first-order valence-corrected chi connectivity index (χ1v) is 10.7. The number of rotatable bonds is 5. The fourth-order valence-electron chi connectivity index (χ4n) is 5.56. The summed E-state index contributed by atoms with van der Waals surface area (Å²) >= 11 is 0. The standard InChI is InChI=1S/C23H36N2/c1-18-11-19(2)15-25(14-18)17-21-12-23(13-21)22-7-5-20(6-8-22)16-24-9-3-4-10-24/h5-8,18-19,21,23H,3-4,9-17H2,1-2H3/t18-,19-,21?,23?/m0/s1. The number of likely N-dealkylation sites (tertiary alicyclic amines) is 2. The molecule has 1 aromatic carbocycles. The molecule has 0 N–H and O–H groups in total. The number of hydrogen-bond donors (Lipinski definition) is 0. The molecule has 0 spiro atoms. The highest BCUT2D eigenvalue weighted by atomic mass is 15.1. The summed E-state index contributed by atoms with van der Waals surface area (Å²) in [7, 11) is 0. The van der Waals surface area contributed by atoms with Crippen molar-refractivity contribution in [3.05, 3.63) is 35.4 Å². The van der Waals surface area contributed by atoms with Gasteiger partial charge in [0.25, 0.3) is 0 Å². The molecular formula is C23H36N2. The molecule has 138 valence electrons. The lowest BCUT2D eigenvalue weighted by Crippen LogP contribution is -2.43. The van der Waals surface area contributed by atoms with E-state index < -0.39 is 0 Å². The van der Waals surface area contributed by atoms with Crippen LogP contribution in [-0.4, -0.2) is 42.5 Å². The first-order chi connectivity index (χ1) is 12.2. The zero-order chi connectivity index (χ0) is 17.2. The van der Waals surface area contributed by atoms with Gasteiger partial charge in [-0.15, -0.1) is 0 Å². The Hall–Kier alpha value is -0.860. The van der Waals surface area contributed by atoms with Crippen LogP contribution in [0.1, 0.15) is 63.0 Å². The second-order valence-electron chi connectivity index (χ2n) is 9.42. The summed E-state index contributed by atoms with van der Waals surface area (Å²) in [6.07, 6.45) is 7.01. The molecule has 2 nitrogen and oxygen atoms in total. The van der Waals surface area contributed by atoms with Crippen LogP contribution >= 0.6 is 0 Å². The molecule has 0 aromatic heterocycles. The maximum atomic E-state index is 2.75. The van der Waals surface area contributed by atoms with Gasteiger partial charge < -0.3 is 4.90 Å². The van der Waals surface area contributed by atoms with Crippen LogP contribution < -0.4 is 0 Å². The van der Waals surface area contributed by atoms with E-state index in [-0.39, 0.29) is 0 Å². The van der Waals surface area contributed by atoms with Crippen LogP contribution in [0.15, 0.2) is 24.3 Å². The molecule has 2 saturated heterocycles. The van der Waals surface area contributed by atoms with Crippen LogP contribution in [0.5, 0.6) is 0 Å². The molecule has 0 radical (unpaired) electrons. The van der Waals surface area contributed by atoms with E-state index in [1.807, 2.05) is 0 Å². The van der Waals surface area contributed by atoms with Gasteiger partial charge in [-0.2, -0.15) is 0 Å². The van der Waals surface area contributed by atoms with Crippen molar-refractivity contribution >= 4 is 0 Å². The highest BCUT2D eigenvalue weighted by molar-refractivity contribution is 5.27. The minimum absolute atomic E-state index is 0.825. The summed E-state index contributed by atoms with van der Waals surface area (Å²) in [5, 5.41) is 0. The minimum atomic E-state index is 0.825. The van der Waals surface area contributed by atoms with Crippen molar-refractivity contribution < 1.29 is 0 Å². The van der Waals surface area contributed by atoms with E-state index in [2.05, 4.69) is 47.9 Å². The Bertz CT molecular complexity index is 530. The summed E-state index contributed by atoms with van der Waals surface area (Å²) in [6, 6.07) is 9.60. The smallest absolute Gasteiger partial charge is 0.0233 e. The van der Waals surface area contributed by atoms with E-state index in [0.29, 0.717) is 0 Å². The molecule has 0 bridgehead atoms. The van der Waals surface area contributed by atoms with Gasteiger partial charge in [0.05, 0.1) is 0 Å². The van der Waals surface area contributed by atoms with Gasteiger partial charge in [-0.1, -0.05) is 38.1 Å². The predicted octanol–water partition coefficient (Wildman–Crippen LogP) is 4.75. The largest absolute Gasteiger partial charge is 0.303 e. The van der Waals surface area contributed by atoms with Gasteiger partial charge in [0, 0.05) is 26.2 Å². The van der Waals surface area contributed by atoms with Crippen LogP contribution in [0, 0.1) is 17.8 Å². The zero-order valence-corrected chi connectivity index (χ0v) is 16.3. The van der Waals surface area contributed by atoms with Crippen molar-refractivity contribution in [3.63, 3.8) is 0 Å². The molecular weight excluding hydrogens is 304 g/mol. The summed E-state index contributed by atoms with van der Waals surface area (Å²) in [4.78, 5) is 5.34. The SMILES string of the molecule is C[C@H]1C[C@H](C)CN(CC2CC(c3ccc(CN4CCCC4)cc3)C2)C1. The van der Waals surface area contributed by atoms with Crippen molar-refractivity contribution in [2.24, 2.45) is 17.8 Å². The van der Waals surface area contributed by atoms with Crippen LogP contribution in [0.4, 0.5) is 0 Å². The minimum Gasteiger partial charge on any atom is -0.303 e. The average Bonchev–Trinajstić information content (AvgIpc) is 3.04. The molecule has 25 heavy (non-hydrogen) atoms. The van der Waals surface area contributed by atoms with E-state index in [1.165, 1.54) is 70.4 Å². The molecule has 0 unspecified atom stereocenters. The molecule has 2 atom stereocenters. The summed E-state index contributed by atoms with van der Waals surface area (Å²) in [6.45, 7) is 12.6. The van der Waals surface area contributed by atoms with E-state index >= 15 is 0 Å². The molecule has 2 heterocycles. The molecule has 3 aliphatic rings. The Labute approximate surface area is 154 Å². The lowest BCUT2D eigenvalue weighted by Gasteiger charge is -2.42. The zero-order valence-electron chi connectivity index (χ0n) is 16.3. The van der Waals surface area contributed by atoms with Crippen molar-refractivity contribution in [2.75, 3.05) is 32.7 Å². The molecule has 1 aromatic rings. The summed E-state index contributed by atoms with van der Waals surface area (Å²) in [5.74, 6) is 3.54. The Balaban J connectivity index is 1.23. The summed E-state index contributed by atoms with van der Waals surface area (Å²) in [5.41, 5.74) is 3.08. The normalized spacial score (nSPS) is 34.2. The molecule has 0 amide bonds. The number of hydrogen-bond acceptors (Lipinski definition) is 2. The number of nitrogens with zero attached hydrogens (tertiary/aromatic N) is 2. The fourth-order valence-corrected chi connectivity index (χ4v) is 5.56. The van der Waals surface area contributed by atoms with Crippen LogP contribution in [0.2, 0.25) is 0 Å². The van der Waals surface area contributed by atoms with Gasteiger partial charge in [-0.3, -0.25) is 4.90 Å². The van der Waals surface area contributed by atoms with Gasteiger partial charge in [-0.05, 0) is 80.0 Å². The highest BCUT2D eigenvalue weighted by Crippen LogP contribution is 2.42. The van der Waals surface area contributed by atoms with Crippen LogP contribution in [-0.2, 0) is 6.54 Å². The third-order valence-electron chi connectivity index (χ3n) is 6.75. The fraction of sp³-hybridized carbons (Fsp3) is 0.739. The van der Waals surface area contributed by atoms with E-state index in [0.717, 1.165) is 30.2 Å². The van der Waals surface area contributed by atoms with Crippen LogP contribution in [0.25, 0.3) is 0 Å². The number of benzene rings is 1. The maximum Gasteiger partial charge on any atom is 0.0233 e. The van der Waals surface area contributed by atoms with Crippen LogP contribution in [0.3, 0.4) is 0 Å². The second-order valence-corrected chi connectivity index (χ2v) is 9.42. The average molecular weight is 341 g/mol. The van der Waals surface area contributed by atoms with E-state index in [4.69, 9.17) is 0 Å². The van der Waals surface area contributed by atoms with Crippen molar-refractivity contribution in [1.82, 2.24) is 9.80 Å². The second kappa shape index (κ2) is 7.80. The lowest BCUT2D eigenvalue weighted by molar-refractivity contribution is 0.0930. The Morgan fingerprint density at radius 2 is 1.48 bits per heavy atom. The molecule has 2 heteroatoms. The van der Waals surface area contributed by atoms with Crippen molar-refractivity contribution in [3.8, 4) is 0 Å². The molecule has 2 aliphatic heterocycles. The summed E-state index contributed by atoms with van der Waals surface area (Å²) < 4.78 is 0. The third-order valence-corrected chi connectivity index (χ3v) is 6.75. The molecule has 1 aliphatic carbocycles.